The van der Waals surface area contributed by atoms with Gasteiger partial charge in [-0.2, -0.15) is 0 Å². The summed E-state index contributed by atoms with van der Waals surface area (Å²) in [5.74, 6) is -2.46. The minimum absolute atomic E-state index is 0.0433. The maximum absolute atomic E-state index is 14.2. The van der Waals surface area contributed by atoms with Crippen LogP contribution < -0.4 is 10.6 Å². The molecular formula is C39H57N5O7S. The van der Waals surface area contributed by atoms with Gasteiger partial charge in [0.2, 0.25) is 11.8 Å². The number of rotatable bonds is 18. The van der Waals surface area contributed by atoms with E-state index in [0.29, 0.717) is 23.8 Å². The Morgan fingerprint density at radius 2 is 1.71 bits per heavy atom. The van der Waals surface area contributed by atoms with E-state index in [2.05, 4.69) is 20.5 Å². The second kappa shape index (κ2) is 18.8. The van der Waals surface area contributed by atoms with Crippen molar-refractivity contribution in [2.24, 2.45) is 23.7 Å². The van der Waals surface area contributed by atoms with Crippen LogP contribution in [0.15, 0.2) is 35.7 Å². The molecule has 3 amide bonds. The Labute approximate surface area is 312 Å². The fourth-order valence-electron chi connectivity index (χ4n) is 7.47. The molecule has 0 spiro atoms. The molecule has 0 saturated carbocycles. The lowest BCUT2D eigenvalue weighted by molar-refractivity contribution is -0.149. The van der Waals surface area contributed by atoms with Gasteiger partial charge < -0.3 is 25.4 Å². The number of ether oxygens (including phenoxy) is 1. The third-order valence-corrected chi connectivity index (χ3v) is 11.8. The Morgan fingerprint density at radius 3 is 2.27 bits per heavy atom. The normalized spacial score (nSPS) is 21.7. The SMILES string of the molecule is CC[C@H](C)[C@H](NC(=O)[C@H]1CC2CCN1CC2)C(=O)N(C)[C@H](C[C@@H](OC(C)=O)c1nc(C(=O)N[C@@H](Cc2ccccc2)C[C@H](C)C(=O)O)cs1)C(C)C. The third-order valence-electron chi connectivity index (χ3n) is 10.9. The number of carbonyl (C=O) groups excluding carboxylic acids is 4. The minimum Gasteiger partial charge on any atom is -0.481 e. The van der Waals surface area contributed by atoms with E-state index in [9.17, 15) is 29.1 Å². The molecule has 1 aromatic carbocycles. The van der Waals surface area contributed by atoms with Crippen LogP contribution in [-0.2, 0) is 30.3 Å². The Balaban J connectivity index is 1.50. The van der Waals surface area contributed by atoms with Crippen LogP contribution in [0, 0.1) is 23.7 Å². The van der Waals surface area contributed by atoms with Crippen LogP contribution in [0.4, 0.5) is 0 Å². The van der Waals surface area contributed by atoms with E-state index < -0.39 is 42.0 Å². The summed E-state index contributed by atoms with van der Waals surface area (Å²) in [6.07, 6.45) is 3.85. The van der Waals surface area contributed by atoms with Crippen molar-refractivity contribution in [3.63, 3.8) is 0 Å². The van der Waals surface area contributed by atoms with Crippen LogP contribution in [-0.4, -0.2) is 93.9 Å². The van der Waals surface area contributed by atoms with Gasteiger partial charge in [-0.1, -0.05) is 71.4 Å². The van der Waals surface area contributed by atoms with Gasteiger partial charge in [-0.25, -0.2) is 4.98 Å². The molecule has 52 heavy (non-hydrogen) atoms. The molecule has 7 atom stereocenters. The highest BCUT2D eigenvalue weighted by Gasteiger charge is 2.41. The second-order valence-electron chi connectivity index (χ2n) is 15.1. The number of nitrogens with zero attached hydrogens (tertiary/aromatic N) is 3. The van der Waals surface area contributed by atoms with Crippen LogP contribution >= 0.6 is 11.3 Å². The summed E-state index contributed by atoms with van der Waals surface area (Å²) in [5, 5.41) is 17.7. The Hall–Kier alpha value is -3.84. The average Bonchev–Trinajstić information content (AvgIpc) is 3.62. The highest BCUT2D eigenvalue weighted by Crippen LogP contribution is 2.33. The predicted molar refractivity (Wildman–Crippen MR) is 200 cm³/mol. The number of aromatic nitrogens is 1. The Kier molecular flexibility index (Phi) is 14.8. The number of carboxylic acid groups (broad SMARTS) is 1. The highest BCUT2D eigenvalue weighted by atomic mass is 32.1. The average molecular weight is 740 g/mol. The summed E-state index contributed by atoms with van der Waals surface area (Å²) >= 11 is 1.19. The van der Waals surface area contributed by atoms with E-state index in [1.165, 1.54) is 18.3 Å². The van der Waals surface area contributed by atoms with Crippen molar-refractivity contribution < 1.29 is 33.8 Å². The Bertz CT molecular complexity index is 1530. The molecule has 1 aromatic heterocycles. The lowest BCUT2D eigenvalue weighted by atomic mass is 9.83. The third kappa shape index (κ3) is 10.8. The van der Waals surface area contributed by atoms with Crippen molar-refractivity contribution in [2.75, 3.05) is 20.1 Å². The van der Waals surface area contributed by atoms with Crippen molar-refractivity contribution in [1.82, 2.24) is 25.4 Å². The van der Waals surface area contributed by atoms with Gasteiger partial charge in [0.05, 0.1) is 12.0 Å². The number of benzene rings is 1. The van der Waals surface area contributed by atoms with Crippen molar-refractivity contribution >= 4 is 41.0 Å². The number of esters is 1. The maximum Gasteiger partial charge on any atom is 0.306 e. The van der Waals surface area contributed by atoms with Crippen LogP contribution in [0.5, 0.6) is 0 Å². The molecule has 0 radical (unpaired) electrons. The van der Waals surface area contributed by atoms with Crippen molar-refractivity contribution in [3.8, 4) is 0 Å². The van der Waals surface area contributed by atoms with Gasteiger partial charge in [0.1, 0.15) is 16.7 Å². The molecule has 5 rings (SSSR count). The zero-order valence-corrected chi connectivity index (χ0v) is 32.5. The summed E-state index contributed by atoms with van der Waals surface area (Å²) < 4.78 is 5.78. The van der Waals surface area contributed by atoms with E-state index in [4.69, 9.17) is 4.74 Å². The molecule has 2 aromatic rings. The number of hydrogen-bond donors (Lipinski definition) is 3. The van der Waals surface area contributed by atoms with Crippen LogP contribution in [0.25, 0.3) is 0 Å². The summed E-state index contributed by atoms with van der Waals surface area (Å²) in [5.41, 5.74) is 1.10. The van der Waals surface area contributed by atoms with Crippen molar-refractivity contribution in [3.05, 3.63) is 52.0 Å². The quantitative estimate of drug-likeness (QED) is 0.177. The van der Waals surface area contributed by atoms with E-state index in [0.717, 1.165) is 37.9 Å². The molecule has 286 valence electrons. The highest BCUT2D eigenvalue weighted by molar-refractivity contribution is 7.09. The number of likely N-dealkylation sites (N-methyl/N-ethyl adjacent to an activating group) is 1. The van der Waals surface area contributed by atoms with Gasteiger partial charge in [-0.15, -0.1) is 11.3 Å². The van der Waals surface area contributed by atoms with Crippen LogP contribution in [0.1, 0.15) is 107 Å². The number of aliphatic carboxylic acids is 1. The second-order valence-corrected chi connectivity index (χ2v) is 16.0. The number of fused-ring (bicyclic) bond motifs is 3. The van der Waals surface area contributed by atoms with Gasteiger partial charge >= 0.3 is 11.9 Å². The van der Waals surface area contributed by atoms with Crippen LogP contribution in [0.3, 0.4) is 0 Å². The minimum atomic E-state index is -0.942. The number of amides is 3. The fourth-order valence-corrected chi connectivity index (χ4v) is 8.31. The maximum atomic E-state index is 14.2. The molecule has 3 aliphatic heterocycles. The fraction of sp³-hybridized carbons (Fsp3) is 0.641. The van der Waals surface area contributed by atoms with Crippen LogP contribution in [0.2, 0.25) is 0 Å². The monoisotopic (exact) mass is 739 g/mol. The molecule has 3 fully saturated rings. The number of nitrogens with one attached hydrogen (secondary N) is 2. The van der Waals surface area contributed by atoms with E-state index >= 15 is 0 Å². The molecule has 2 bridgehead atoms. The molecule has 3 N–H and O–H groups in total. The first-order chi connectivity index (χ1) is 24.7. The smallest absolute Gasteiger partial charge is 0.306 e. The standard InChI is InChI=1S/C39H57N5O7S/c1-8-24(4)34(42-36(47)32-20-28-14-16-44(32)17-15-28)38(48)43(7)31(23(2)3)21-33(51-26(6)45)37-41-30(22-52-37)35(46)40-29(18-25(5)39(49)50)19-27-12-10-9-11-13-27/h9-13,22-25,28-29,31-34H,8,14-21H2,1-7H3,(H,40,46)(H,42,47)(H,49,50)/t24-,25-,29+,31+,32+,33+,34-/m0/s1. The largest absolute Gasteiger partial charge is 0.481 e. The summed E-state index contributed by atoms with van der Waals surface area (Å²) in [6, 6.07) is 7.79. The van der Waals surface area contributed by atoms with Gasteiger partial charge in [-0.05, 0) is 68.5 Å². The van der Waals surface area contributed by atoms with Gasteiger partial charge in [-0.3, -0.25) is 28.9 Å². The molecule has 13 heteroatoms. The predicted octanol–water partition coefficient (Wildman–Crippen LogP) is 5.09. The van der Waals surface area contributed by atoms with E-state index in [1.54, 1.807) is 24.3 Å². The van der Waals surface area contributed by atoms with Crippen molar-refractivity contribution in [1.29, 1.82) is 0 Å². The lowest BCUT2D eigenvalue weighted by Gasteiger charge is -2.45. The molecule has 3 saturated heterocycles. The molecule has 3 aliphatic rings. The van der Waals surface area contributed by atoms with Gasteiger partial charge in [0, 0.05) is 37.9 Å². The summed E-state index contributed by atoms with van der Waals surface area (Å²) in [7, 11) is 1.73. The van der Waals surface area contributed by atoms with Gasteiger partial charge in [0.15, 0.2) is 6.10 Å². The number of thiazole rings is 1. The number of carbonyl (C=O) groups is 5. The number of piperidine rings is 3. The first kappa shape index (κ1) is 40.9. The zero-order chi connectivity index (χ0) is 38.1. The number of hydrogen-bond acceptors (Lipinski definition) is 9. The summed E-state index contributed by atoms with van der Waals surface area (Å²) in [4.78, 5) is 73.8. The topological polar surface area (TPSA) is 158 Å². The molecular weight excluding hydrogens is 683 g/mol. The number of carboxylic acids is 1. The first-order valence-corrected chi connectivity index (χ1v) is 19.6. The zero-order valence-electron chi connectivity index (χ0n) is 31.7. The Morgan fingerprint density at radius 1 is 1.04 bits per heavy atom. The molecule has 4 heterocycles. The molecule has 12 nitrogen and oxygen atoms in total. The van der Waals surface area contributed by atoms with Gasteiger partial charge in [0.25, 0.3) is 5.91 Å². The lowest BCUT2D eigenvalue weighted by Crippen LogP contribution is -2.60. The molecule has 0 aliphatic carbocycles. The van der Waals surface area contributed by atoms with Crippen molar-refractivity contribution in [2.45, 2.75) is 117 Å². The van der Waals surface area contributed by atoms with E-state index in [1.807, 2.05) is 58.0 Å². The first-order valence-electron chi connectivity index (χ1n) is 18.7. The summed E-state index contributed by atoms with van der Waals surface area (Å²) in [6.45, 7) is 12.7. The molecule has 0 unspecified atom stereocenters. The van der Waals surface area contributed by atoms with E-state index in [-0.39, 0.29) is 54.3 Å².